The maximum absolute atomic E-state index is 9.11. The molecule has 1 N–H and O–H groups in total. The van der Waals surface area contributed by atoms with E-state index < -0.39 is 0 Å². The van der Waals surface area contributed by atoms with Crippen molar-refractivity contribution in [3.8, 4) is 0 Å². The Labute approximate surface area is 137 Å². The lowest BCUT2D eigenvalue weighted by Crippen LogP contribution is -2.21. The minimum atomic E-state index is 0.102. The molecular weight excluding hydrogens is 292 g/mol. The molecule has 0 aliphatic rings. The lowest BCUT2D eigenvalue weighted by atomic mass is 10.1. The van der Waals surface area contributed by atoms with Crippen LogP contribution in [0.5, 0.6) is 0 Å². The SMILES string of the molecule is Cc1nc(C(C)C)sc1C(C)N(C)Cc1ccc(CO)cc1. The summed E-state index contributed by atoms with van der Waals surface area (Å²) in [6.45, 7) is 9.73. The van der Waals surface area contributed by atoms with Crippen molar-refractivity contribution in [2.45, 2.75) is 52.8 Å². The predicted molar refractivity (Wildman–Crippen MR) is 93.2 cm³/mol. The molecule has 0 spiro atoms. The molecule has 3 nitrogen and oxygen atoms in total. The van der Waals surface area contributed by atoms with Gasteiger partial charge in [-0.05, 0) is 32.0 Å². The first kappa shape index (κ1) is 17.1. The molecule has 1 heterocycles. The van der Waals surface area contributed by atoms with Crippen LogP contribution in [0.25, 0.3) is 0 Å². The Balaban J connectivity index is 2.09. The number of benzene rings is 1. The van der Waals surface area contributed by atoms with Crippen molar-refractivity contribution in [2.24, 2.45) is 0 Å². The van der Waals surface area contributed by atoms with E-state index in [9.17, 15) is 0 Å². The minimum absolute atomic E-state index is 0.102. The van der Waals surface area contributed by atoms with Gasteiger partial charge in [0.1, 0.15) is 0 Å². The first-order valence-corrected chi connectivity index (χ1v) is 8.60. The standard InChI is InChI=1S/C18H26N2OS/c1-12(2)18-19-13(3)17(22-18)14(4)20(5)10-15-6-8-16(11-21)9-7-15/h6-9,12,14,21H,10-11H2,1-5H3. The molecule has 0 amide bonds. The van der Waals surface area contributed by atoms with E-state index in [1.807, 2.05) is 23.5 Å². The highest BCUT2D eigenvalue weighted by atomic mass is 32.1. The van der Waals surface area contributed by atoms with Crippen LogP contribution in [0.2, 0.25) is 0 Å². The van der Waals surface area contributed by atoms with E-state index in [0.717, 1.165) is 17.8 Å². The summed E-state index contributed by atoms with van der Waals surface area (Å²) in [7, 11) is 2.15. The Morgan fingerprint density at radius 2 is 1.73 bits per heavy atom. The number of aliphatic hydroxyl groups excluding tert-OH is 1. The summed E-state index contributed by atoms with van der Waals surface area (Å²) < 4.78 is 0. The summed E-state index contributed by atoms with van der Waals surface area (Å²) >= 11 is 1.83. The fourth-order valence-electron chi connectivity index (χ4n) is 2.44. The monoisotopic (exact) mass is 318 g/mol. The Morgan fingerprint density at radius 1 is 1.14 bits per heavy atom. The van der Waals surface area contributed by atoms with E-state index in [1.54, 1.807) is 0 Å². The second-order valence-electron chi connectivity index (χ2n) is 6.22. The lowest BCUT2D eigenvalue weighted by molar-refractivity contribution is 0.255. The van der Waals surface area contributed by atoms with Crippen LogP contribution in [-0.2, 0) is 13.2 Å². The molecule has 1 aromatic carbocycles. The van der Waals surface area contributed by atoms with Gasteiger partial charge in [-0.3, -0.25) is 4.90 Å². The van der Waals surface area contributed by atoms with Crippen molar-refractivity contribution in [2.75, 3.05) is 7.05 Å². The maximum Gasteiger partial charge on any atom is 0.0956 e. The molecule has 0 radical (unpaired) electrons. The van der Waals surface area contributed by atoms with Gasteiger partial charge in [-0.15, -0.1) is 11.3 Å². The summed E-state index contributed by atoms with van der Waals surface area (Å²) in [5, 5.41) is 10.3. The number of thiazole rings is 1. The van der Waals surface area contributed by atoms with Crippen molar-refractivity contribution in [3.63, 3.8) is 0 Å². The number of aromatic nitrogens is 1. The third kappa shape index (κ3) is 3.94. The van der Waals surface area contributed by atoms with Crippen LogP contribution in [0.4, 0.5) is 0 Å². The lowest BCUT2D eigenvalue weighted by Gasteiger charge is -2.24. The number of hydrogen-bond acceptors (Lipinski definition) is 4. The van der Waals surface area contributed by atoms with Gasteiger partial charge in [0, 0.05) is 23.4 Å². The number of hydrogen-bond donors (Lipinski definition) is 1. The molecule has 22 heavy (non-hydrogen) atoms. The van der Waals surface area contributed by atoms with Crippen molar-refractivity contribution in [3.05, 3.63) is 51.0 Å². The molecule has 0 aliphatic heterocycles. The summed E-state index contributed by atoms with van der Waals surface area (Å²) in [5.74, 6) is 0.487. The summed E-state index contributed by atoms with van der Waals surface area (Å²) in [6.07, 6.45) is 0. The maximum atomic E-state index is 9.11. The van der Waals surface area contributed by atoms with Crippen LogP contribution in [-0.4, -0.2) is 22.0 Å². The second kappa shape index (κ2) is 7.36. The van der Waals surface area contributed by atoms with Gasteiger partial charge >= 0.3 is 0 Å². The highest BCUT2D eigenvalue weighted by Crippen LogP contribution is 2.32. The van der Waals surface area contributed by atoms with Gasteiger partial charge in [-0.2, -0.15) is 0 Å². The number of aliphatic hydroxyl groups is 1. The van der Waals surface area contributed by atoms with Crippen molar-refractivity contribution >= 4 is 11.3 Å². The molecule has 0 saturated carbocycles. The summed E-state index contributed by atoms with van der Waals surface area (Å²) in [4.78, 5) is 8.41. The van der Waals surface area contributed by atoms with E-state index in [2.05, 4.69) is 51.8 Å². The molecule has 0 saturated heterocycles. The average molecular weight is 318 g/mol. The minimum Gasteiger partial charge on any atom is -0.392 e. The van der Waals surface area contributed by atoms with Gasteiger partial charge in [0.05, 0.1) is 17.3 Å². The highest BCUT2D eigenvalue weighted by Gasteiger charge is 2.19. The van der Waals surface area contributed by atoms with Crippen LogP contribution in [0, 0.1) is 6.92 Å². The largest absolute Gasteiger partial charge is 0.392 e. The fraction of sp³-hybridized carbons (Fsp3) is 0.500. The van der Waals surface area contributed by atoms with Gasteiger partial charge in [-0.25, -0.2) is 4.98 Å². The molecule has 120 valence electrons. The Hall–Kier alpha value is -1.23. The second-order valence-corrected chi connectivity index (χ2v) is 7.28. The van der Waals surface area contributed by atoms with Crippen LogP contribution in [0.3, 0.4) is 0 Å². The van der Waals surface area contributed by atoms with Crippen LogP contribution < -0.4 is 0 Å². The fourth-order valence-corrected chi connectivity index (χ4v) is 3.63. The molecule has 0 fully saturated rings. The van der Waals surface area contributed by atoms with E-state index >= 15 is 0 Å². The van der Waals surface area contributed by atoms with Gasteiger partial charge < -0.3 is 5.11 Å². The smallest absolute Gasteiger partial charge is 0.0956 e. The third-order valence-corrected chi connectivity index (χ3v) is 5.65. The Bertz CT molecular complexity index is 604. The van der Waals surface area contributed by atoms with E-state index in [0.29, 0.717) is 12.0 Å². The van der Waals surface area contributed by atoms with Crippen molar-refractivity contribution in [1.82, 2.24) is 9.88 Å². The molecule has 2 aromatic rings. The zero-order chi connectivity index (χ0) is 16.3. The molecule has 1 atom stereocenters. The number of rotatable bonds is 6. The van der Waals surface area contributed by atoms with E-state index in [1.165, 1.54) is 15.4 Å². The van der Waals surface area contributed by atoms with Crippen molar-refractivity contribution in [1.29, 1.82) is 0 Å². The molecule has 1 aromatic heterocycles. The Morgan fingerprint density at radius 3 is 2.23 bits per heavy atom. The van der Waals surface area contributed by atoms with E-state index in [-0.39, 0.29) is 6.61 Å². The molecule has 0 aliphatic carbocycles. The average Bonchev–Trinajstić information content (AvgIpc) is 2.89. The Kier molecular flexibility index (Phi) is 5.73. The zero-order valence-corrected chi connectivity index (χ0v) is 14.9. The number of nitrogens with zero attached hydrogens (tertiary/aromatic N) is 2. The van der Waals surface area contributed by atoms with Gasteiger partial charge in [-0.1, -0.05) is 38.1 Å². The predicted octanol–water partition coefficient (Wildman–Crippen LogP) is 4.26. The zero-order valence-electron chi connectivity index (χ0n) is 14.1. The molecule has 1 unspecified atom stereocenters. The van der Waals surface area contributed by atoms with Gasteiger partial charge in [0.25, 0.3) is 0 Å². The topological polar surface area (TPSA) is 36.4 Å². The normalized spacial score (nSPS) is 13.1. The first-order chi connectivity index (χ1) is 10.4. The van der Waals surface area contributed by atoms with Crippen LogP contribution in [0.15, 0.2) is 24.3 Å². The molecule has 0 bridgehead atoms. The van der Waals surface area contributed by atoms with Crippen LogP contribution >= 0.6 is 11.3 Å². The van der Waals surface area contributed by atoms with Gasteiger partial charge in [0.2, 0.25) is 0 Å². The van der Waals surface area contributed by atoms with Crippen molar-refractivity contribution < 1.29 is 5.11 Å². The molecule has 2 rings (SSSR count). The highest BCUT2D eigenvalue weighted by molar-refractivity contribution is 7.11. The molecule has 4 heteroatoms. The van der Waals surface area contributed by atoms with Crippen LogP contribution in [0.1, 0.15) is 59.4 Å². The summed E-state index contributed by atoms with van der Waals surface area (Å²) in [5.41, 5.74) is 3.38. The third-order valence-electron chi connectivity index (χ3n) is 4.02. The van der Waals surface area contributed by atoms with Gasteiger partial charge in [0.15, 0.2) is 0 Å². The van der Waals surface area contributed by atoms with E-state index in [4.69, 9.17) is 10.1 Å². The summed E-state index contributed by atoms with van der Waals surface area (Å²) in [6, 6.07) is 8.51. The quantitative estimate of drug-likeness (QED) is 0.864. The number of aryl methyl sites for hydroxylation is 1. The first-order valence-electron chi connectivity index (χ1n) is 7.78. The molecular formula is C18H26N2OS.